The van der Waals surface area contributed by atoms with Crippen molar-refractivity contribution in [2.75, 3.05) is 0 Å². The zero-order valence-electron chi connectivity index (χ0n) is 12.3. The van der Waals surface area contributed by atoms with Gasteiger partial charge in [-0.2, -0.15) is 0 Å². The van der Waals surface area contributed by atoms with Crippen LogP contribution in [0.4, 0.5) is 0 Å². The average molecular weight is 237 g/mol. The van der Waals surface area contributed by atoms with E-state index in [-0.39, 0.29) is 0 Å². The van der Waals surface area contributed by atoms with Crippen molar-refractivity contribution < 1.29 is 0 Å². The number of rotatable bonds is 6. The first kappa shape index (κ1) is 14.8. The van der Waals surface area contributed by atoms with Crippen molar-refractivity contribution in [3.8, 4) is 0 Å². The number of unbranched alkanes of at least 4 members (excludes halogenated alkanes) is 3. The van der Waals surface area contributed by atoms with Gasteiger partial charge in [-0.1, -0.05) is 25.3 Å². The third-order valence-corrected chi connectivity index (χ3v) is 3.80. The van der Waals surface area contributed by atoms with E-state index in [1.807, 2.05) is 6.08 Å². The Morgan fingerprint density at radius 3 is 2.18 bits per heavy atom. The minimum absolute atomic E-state index is 0.313. The second kappa shape index (κ2) is 6.04. The highest BCUT2D eigenvalue weighted by Crippen LogP contribution is 2.35. The highest BCUT2D eigenvalue weighted by molar-refractivity contribution is 4.96. The summed E-state index contributed by atoms with van der Waals surface area (Å²) in [6, 6.07) is 0. The Labute approximate surface area is 108 Å². The fraction of sp³-hybridized carbons (Fsp3) is 0.875. The lowest BCUT2D eigenvalue weighted by Crippen LogP contribution is -2.57. The standard InChI is InChI=1S/C16H31N/c1-6-7-8-9-10-11-14-12-15(2,3)17-16(4,5)13-14/h6,14,17H,1,7-13H2,2-5H3. The molecule has 0 radical (unpaired) electrons. The molecule has 1 nitrogen and oxygen atoms in total. The minimum atomic E-state index is 0.313. The Morgan fingerprint density at radius 2 is 1.65 bits per heavy atom. The van der Waals surface area contributed by atoms with Crippen LogP contribution in [0.2, 0.25) is 0 Å². The molecule has 1 heteroatoms. The zero-order valence-corrected chi connectivity index (χ0v) is 12.3. The van der Waals surface area contributed by atoms with Gasteiger partial charge in [0, 0.05) is 11.1 Å². The number of allylic oxidation sites excluding steroid dienone is 1. The molecule has 0 aromatic carbocycles. The summed E-state index contributed by atoms with van der Waals surface area (Å²) in [6.07, 6.45) is 11.4. The number of hydrogen-bond donors (Lipinski definition) is 1. The van der Waals surface area contributed by atoms with E-state index in [2.05, 4.69) is 39.6 Å². The quantitative estimate of drug-likeness (QED) is 0.522. The van der Waals surface area contributed by atoms with Gasteiger partial charge in [0.15, 0.2) is 0 Å². The third kappa shape index (κ3) is 5.72. The van der Waals surface area contributed by atoms with E-state index in [1.54, 1.807) is 0 Å². The van der Waals surface area contributed by atoms with Crippen molar-refractivity contribution in [1.82, 2.24) is 5.32 Å². The fourth-order valence-electron chi connectivity index (χ4n) is 3.64. The first-order chi connectivity index (χ1) is 7.85. The predicted octanol–water partition coefficient (Wildman–Crippen LogP) is 4.68. The van der Waals surface area contributed by atoms with E-state index in [9.17, 15) is 0 Å². The Balaban J connectivity index is 2.30. The lowest BCUT2D eigenvalue weighted by atomic mass is 9.74. The van der Waals surface area contributed by atoms with E-state index in [4.69, 9.17) is 0 Å². The van der Waals surface area contributed by atoms with Crippen LogP contribution < -0.4 is 5.32 Å². The second-order valence-corrected chi connectivity index (χ2v) is 7.09. The summed E-state index contributed by atoms with van der Waals surface area (Å²) in [4.78, 5) is 0. The van der Waals surface area contributed by atoms with Crippen LogP contribution in [-0.4, -0.2) is 11.1 Å². The van der Waals surface area contributed by atoms with Gasteiger partial charge in [-0.15, -0.1) is 6.58 Å². The molecule has 100 valence electrons. The van der Waals surface area contributed by atoms with Gasteiger partial charge in [0.25, 0.3) is 0 Å². The molecule has 0 aromatic heterocycles. The Bertz CT molecular complexity index is 224. The van der Waals surface area contributed by atoms with Gasteiger partial charge in [0.1, 0.15) is 0 Å². The Morgan fingerprint density at radius 1 is 1.06 bits per heavy atom. The molecule has 17 heavy (non-hydrogen) atoms. The van der Waals surface area contributed by atoms with Crippen LogP contribution >= 0.6 is 0 Å². The molecule has 0 amide bonds. The molecule has 1 aliphatic rings. The molecule has 1 N–H and O–H groups in total. The molecular formula is C16H31N. The van der Waals surface area contributed by atoms with Gasteiger partial charge in [-0.05, 0) is 59.3 Å². The summed E-state index contributed by atoms with van der Waals surface area (Å²) in [5.74, 6) is 0.907. The third-order valence-electron chi connectivity index (χ3n) is 3.80. The van der Waals surface area contributed by atoms with Crippen LogP contribution in [0.1, 0.15) is 72.6 Å². The highest BCUT2D eigenvalue weighted by atomic mass is 15.0. The normalized spacial score (nSPS) is 23.5. The van der Waals surface area contributed by atoms with Crippen molar-refractivity contribution in [1.29, 1.82) is 0 Å². The molecule has 0 atom stereocenters. The maximum absolute atomic E-state index is 3.78. The van der Waals surface area contributed by atoms with E-state index in [0.29, 0.717) is 11.1 Å². The van der Waals surface area contributed by atoms with E-state index < -0.39 is 0 Å². The van der Waals surface area contributed by atoms with Gasteiger partial charge >= 0.3 is 0 Å². The summed E-state index contributed by atoms with van der Waals surface area (Å²) in [7, 11) is 0. The van der Waals surface area contributed by atoms with Gasteiger partial charge in [0.2, 0.25) is 0 Å². The molecule has 0 aromatic rings. The first-order valence-electron chi connectivity index (χ1n) is 7.25. The largest absolute Gasteiger partial charge is 0.307 e. The monoisotopic (exact) mass is 237 g/mol. The Kier molecular flexibility index (Phi) is 5.24. The van der Waals surface area contributed by atoms with E-state index in [1.165, 1.54) is 44.9 Å². The minimum Gasteiger partial charge on any atom is -0.307 e. The molecule has 0 bridgehead atoms. The molecule has 0 unspecified atom stereocenters. The molecule has 1 fully saturated rings. The molecule has 0 spiro atoms. The van der Waals surface area contributed by atoms with E-state index in [0.717, 1.165) is 5.92 Å². The lowest BCUT2D eigenvalue weighted by molar-refractivity contribution is 0.122. The summed E-state index contributed by atoms with van der Waals surface area (Å²) in [5, 5.41) is 3.76. The van der Waals surface area contributed by atoms with Gasteiger partial charge in [0.05, 0.1) is 0 Å². The van der Waals surface area contributed by atoms with Crippen molar-refractivity contribution in [2.45, 2.75) is 83.7 Å². The molecule has 1 heterocycles. The molecule has 1 saturated heterocycles. The lowest BCUT2D eigenvalue weighted by Gasteiger charge is -2.46. The van der Waals surface area contributed by atoms with Crippen molar-refractivity contribution in [3.63, 3.8) is 0 Å². The predicted molar refractivity (Wildman–Crippen MR) is 77.3 cm³/mol. The van der Waals surface area contributed by atoms with Crippen LogP contribution in [0.15, 0.2) is 12.7 Å². The smallest absolute Gasteiger partial charge is 0.0132 e. The van der Waals surface area contributed by atoms with E-state index >= 15 is 0 Å². The topological polar surface area (TPSA) is 12.0 Å². The van der Waals surface area contributed by atoms with Crippen LogP contribution in [0, 0.1) is 5.92 Å². The number of nitrogens with one attached hydrogen (secondary N) is 1. The maximum atomic E-state index is 3.78. The summed E-state index contributed by atoms with van der Waals surface area (Å²) < 4.78 is 0. The molecular weight excluding hydrogens is 206 g/mol. The van der Waals surface area contributed by atoms with Gasteiger partial charge < -0.3 is 5.32 Å². The van der Waals surface area contributed by atoms with Crippen LogP contribution in [0.5, 0.6) is 0 Å². The molecule has 0 saturated carbocycles. The summed E-state index contributed by atoms with van der Waals surface area (Å²) in [5.41, 5.74) is 0.626. The summed E-state index contributed by atoms with van der Waals surface area (Å²) >= 11 is 0. The molecule has 1 rings (SSSR count). The average Bonchev–Trinajstić information content (AvgIpc) is 2.12. The van der Waals surface area contributed by atoms with Crippen LogP contribution in [0.3, 0.4) is 0 Å². The number of hydrogen-bond acceptors (Lipinski definition) is 1. The zero-order chi connectivity index (χ0) is 12.9. The van der Waals surface area contributed by atoms with Gasteiger partial charge in [-0.3, -0.25) is 0 Å². The maximum Gasteiger partial charge on any atom is 0.0132 e. The summed E-state index contributed by atoms with van der Waals surface area (Å²) in [6.45, 7) is 13.2. The number of piperidine rings is 1. The molecule has 0 aliphatic carbocycles. The van der Waals surface area contributed by atoms with Crippen molar-refractivity contribution >= 4 is 0 Å². The molecule has 1 aliphatic heterocycles. The SMILES string of the molecule is C=CCCCCCC1CC(C)(C)NC(C)(C)C1. The van der Waals surface area contributed by atoms with Crippen LogP contribution in [-0.2, 0) is 0 Å². The van der Waals surface area contributed by atoms with Crippen LogP contribution in [0.25, 0.3) is 0 Å². The fourth-order valence-corrected chi connectivity index (χ4v) is 3.64. The first-order valence-corrected chi connectivity index (χ1v) is 7.25. The highest BCUT2D eigenvalue weighted by Gasteiger charge is 2.36. The van der Waals surface area contributed by atoms with Gasteiger partial charge in [-0.25, -0.2) is 0 Å². The van der Waals surface area contributed by atoms with Crippen molar-refractivity contribution in [2.24, 2.45) is 5.92 Å². The van der Waals surface area contributed by atoms with Crippen molar-refractivity contribution in [3.05, 3.63) is 12.7 Å². The second-order valence-electron chi connectivity index (χ2n) is 7.09. The Hall–Kier alpha value is -0.300.